The number of benzene rings is 1. The molecule has 5 nitrogen and oxygen atoms in total. The molecule has 6 heteroatoms. The van der Waals surface area contributed by atoms with Crippen molar-refractivity contribution in [1.82, 2.24) is 15.6 Å². The largest absolute Gasteiger partial charge is 0.491 e. The molecule has 2 aromatic rings. The highest BCUT2D eigenvalue weighted by Gasteiger charge is 2.14. The first-order chi connectivity index (χ1) is 11.0. The van der Waals surface area contributed by atoms with Gasteiger partial charge >= 0.3 is 6.03 Å². The van der Waals surface area contributed by atoms with Crippen molar-refractivity contribution in [2.24, 2.45) is 0 Å². The lowest BCUT2D eigenvalue weighted by Gasteiger charge is -2.18. The molecular weight excluding hydrogens is 310 g/mol. The number of urea groups is 1. The first kappa shape index (κ1) is 17.3. The lowest BCUT2D eigenvalue weighted by Crippen LogP contribution is -2.38. The minimum Gasteiger partial charge on any atom is -0.491 e. The van der Waals surface area contributed by atoms with Crippen LogP contribution in [0.4, 0.5) is 4.79 Å². The summed E-state index contributed by atoms with van der Waals surface area (Å²) in [6.45, 7) is 7.85. The summed E-state index contributed by atoms with van der Waals surface area (Å²) in [7, 11) is 0. The van der Waals surface area contributed by atoms with Gasteiger partial charge in [-0.05, 0) is 45.4 Å². The summed E-state index contributed by atoms with van der Waals surface area (Å²) in [6, 6.07) is 7.37. The maximum absolute atomic E-state index is 12.1. The highest BCUT2D eigenvalue weighted by Crippen LogP contribution is 2.19. The minimum atomic E-state index is -0.206. The topological polar surface area (TPSA) is 63.2 Å². The first-order valence-corrected chi connectivity index (χ1v) is 8.56. The molecule has 0 bridgehead atoms. The van der Waals surface area contributed by atoms with Gasteiger partial charge in [-0.2, -0.15) is 0 Å². The van der Waals surface area contributed by atoms with Gasteiger partial charge in [-0.15, -0.1) is 11.3 Å². The minimum absolute atomic E-state index is 0.0911. The number of hydrogen-bond acceptors (Lipinski definition) is 4. The van der Waals surface area contributed by atoms with E-state index >= 15 is 0 Å². The second kappa shape index (κ2) is 7.97. The smallest absolute Gasteiger partial charge is 0.315 e. The molecule has 23 heavy (non-hydrogen) atoms. The Balaban J connectivity index is 1.88. The molecule has 1 heterocycles. The molecule has 0 fully saturated rings. The number of amides is 2. The molecule has 0 radical (unpaired) electrons. The van der Waals surface area contributed by atoms with Crippen LogP contribution in [0.25, 0.3) is 0 Å². The quantitative estimate of drug-likeness (QED) is 0.838. The average Bonchev–Trinajstić information content (AvgIpc) is 3.01. The van der Waals surface area contributed by atoms with Crippen molar-refractivity contribution >= 4 is 17.4 Å². The van der Waals surface area contributed by atoms with E-state index in [4.69, 9.17) is 4.74 Å². The molecule has 0 aliphatic rings. The standard InChI is InChI=1S/C17H23N3O2S/c1-11(2)22-15-7-5-14(6-8-15)12(3)19-17(21)20-13(4)16-18-9-10-23-16/h5-13H,1-4H3,(H2,19,20,21)/t12-,13+/m0/s1. The predicted octanol–water partition coefficient (Wildman–Crippen LogP) is 4.05. The molecule has 0 aliphatic carbocycles. The van der Waals surface area contributed by atoms with E-state index < -0.39 is 0 Å². The Hall–Kier alpha value is -2.08. The lowest BCUT2D eigenvalue weighted by molar-refractivity contribution is 0.235. The molecule has 0 saturated heterocycles. The number of hydrogen-bond donors (Lipinski definition) is 2. The van der Waals surface area contributed by atoms with Gasteiger partial charge in [0, 0.05) is 11.6 Å². The second-order valence-corrected chi connectivity index (χ2v) is 6.59. The molecule has 2 N–H and O–H groups in total. The van der Waals surface area contributed by atoms with Crippen LogP contribution in [0.2, 0.25) is 0 Å². The molecule has 0 unspecified atom stereocenters. The first-order valence-electron chi connectivity index (χ1n) is 7.68. The van der Waals surface area contributed by atoms with Gasteiger partial charge in [0.25, 0.3) is 0 Å². The zero-order chi connectivity index (χ0) is 16.8. The summed E-state index contributed by atoms with van der Waals surface area (Å²) >= 11 is 1.53. The van der Waals surface area contributed by atoms with Gasteiger partial charge in [0.2, 0.25) is 0 Å². The monoisotopic (exact) mass is 333 g/mol. The van der Waals surface area contributed by atoms with Gasteiger partial charge in [0.1, 0.15) is 10.8 Å². The molecule has 124 valence electrons. The number of aromatic nitrogens is 1. The number of nitrogens with one attached hydrogen (secondary N) is 2. The summed E-state index contributed by atoms with van der Waals surface area (Å²) < 4.78 is 5.62. The summed E-state index contributed by atoms with van der Waals surface area (Å²) in [6.07, 6.45) is 1.88. The van der Waals surface area contributed by atoms with Crippen LogP contribution in [0.15, 0.2) is 35.8 Å². The Kier molecular flexibility index (Phi) is 5.98. The van der Waals surface area contributed by atoms with Crippen molar-refractivity contribution in [2.75, 3.05) is 0 Å². The highest BCUT2D eigenvalue weighted by atomic mass is 32.1. The number of nitrogens with zero attached hydrogens (tertiary/aromatic N) is 1. The van der Waals surface area contributed by atoms with E-state index in [1.54, 1.807) is 6.20 Å². The fourth-order valence-corrected chi connectivity index (χ4v) is 2.78. The number of thiazole rings is 1. The molecule has 2 rings (SSSR count). The van der Waals surface area contributed by atoms with Crippen LogP contribution in [0.3, 0.4) is 0 Å². The third-order valence-electron chi connectivity index (χ3n) is 3.27. The van der Waals surface area contributed by atoms with Gasteiger partial charge in [-0.1, -0.05) is 12.1 Å². The third-order valence-corrected chi connectivity index (χ3v) is 4.23. The Labute approximate surface area is 141 Å². The van der Waals surface area contributed by atoms with Crippen LogP contribution < -0.4 is 15.4 Å². The SMILES string of the molecule is CC(C)Oc1ccc([C@H](C)NC(=O)N[C@H](C)c2nccs2)cc1. The van der Waals surface area contributed by atoms with E-state index in [2.05, 4.69) is 15.6 Å². The highest BCUT2D eigenvalue weighted by molar-refractivity contribution is 7.09. The van der Waals surface area contributed by atoms with Crippen LogP contribution >= 0.6 is 11.3 Å². The van der Waals surface area contributed by atoms with Crippen molar-refractivity contribution in [3.63, 3.8) is 0 Å². The summed E-state index contributed by atoms with van der Waals surface area (Å²) in [4.78, 5) is 16.3. The molecule has 0 spiro atoms. The van der Waals surface area contributed by atoms with Crippen LogP contribution in [0.1, 0.15) is 50.3 Å². The number of carbonyl (C=O) groups excluding carboxylic acids is 1. The maximum Gasteiger partial charge on any atom is 0.315 e. The van der Waals surface area contributed by atoms with Gasteiger partial charge in [0.15, 0.2) is 0 Å². The molecule has 1 aromatic heterocycles. The van der Waals surface area contributed by atoms with Crippen molar-refractivity contribution in [1.29, 1.82) is 0 Å². The fraction of sp³-hybridized carbons (Fsp3) is 0.412. The number of ether oxygens (including phenoxy) is 1. The molecular formula is C17H23N3O2S. The zero-order valence-electron chi connectivity index (χ0n) is 13.9. The van der Waals surface area contributed by atoms with Gasteiger partial charge in [0.05, 0.1) is 18.2 Å². The van der Waals surface area contributed by atoms with Crippen molar-refractivity contribution in [2.45, 2.75) is 45.9 Å². The Morgan fingerprint density at radius 1 is 1.09 bits per heavy atom. The Morgan fingerprint density at radius 2 is 1.74 bits per heavy atom. The van der Waals surface area contributed by atoms with Gasteiger partial charge < -0.3 is 15.4 Å². The van der Waals surface area contributed by atoms with E-state index in [0.29, 0.717) is 0 Å². The Bertz CT molecular complexity index is 611. The second-order valence-electron chi connectivity index (χ2n) is 5.67. The summed E-state index contributed by atoms with van der Waals surface area (Å²) in [5.41, 5.74) is 1.03. The molecule has 1 aromatic carbocycles. The van der Waals surface area contributed by atoms with Crippen LogP contribution in [0, 0.1) is 0 Å². The molecule has 2 amide bonds. The van der Waals surface area contributed by atoms with Crippen molar-refractivity contribution in [3.05, 3.63) is 46.4 Å². The van der Waals surface area contributed by atoms with Crippen LogP contribution in [0.5, 0.6) is 5.75 Å². The normalized spacial score (nSPS) is 13.4. The van der Waals surface area contributed by atoms with Crippen molar-refractivity contribution < 1.29 is 9.53 Å². The zero-order valence-corrected chi connectivity index (χ0v) is 14.7. The third kappa shape index (κ3) is 5.25. The lowest BCUT2D eigenvalue weighted by atomic mass is 10.1. The molecule has 2 atom stereocenters. The average molecular weight is 333 g/mol. The van der Waals surface area contributed by atoms with Gasteiger partial charge in [-0.3, -0.25) is 0 Å². The van der Waals surface area contributed by atoms with Crippen LogP contribution in [-0.4, -0.2) is 17.1 Å². The Morgan fingerprint density at radius 3 is 2.30 bits per heavy atom. The van der Waals surface area contributed by atoms with E-state index in [-0.39, 0.29) is 24.2 Å². The summed E-state index contributed by atoms with van der Waals surface area (Å²) in [5.74, 6) is 0.831. The number of carbonyl (C=O) groups is 1. The van der Waals surface area contributed by atoms with E-state index in [1.807, 2.05) is 57.3 Å². The number of rotatable bonds is 6. The van der Waals surface area contributed by atoms with E-state index in [9.17, 15) is 4.79 Å². The maximum atomic E-state index is 12.1. The van der Waals surface area contributed by atoms with E-state index in [0.717, 1.165) is 16.3 Å². The van der Waals surface area contributed by atoms with Crippen molar-refractivity contribution in [3.8, 4) is 5.75 Å². The predicted molar refractivity (Wildman–Crippen MR) is 92.8 cm³/mol. The molecule has 0 saturated carbocycles. The summed E-state index contributed by atoms with van der Waals surface area (Å²) in [5, 5.41) is 8.62. The fourth-order valence-electron chi connectivity index (χ4n) is 2.14. The van der Waals surface area contributed by atoms with Gasteiger partial charge in [-0.25, -0.2) is 9.78 Å². The van der Waals surface area contributed by atoms with Crippen LogP contribution in [-0.2, 0) is 0 Å². The molecule has 0 aliphatic heterocycles. The van der Waals surface area contributed by atoms with E-state index in [1.165, 1.54) is 11.3 Å².